The SMILES string of the molecule is Nc1cccc(CSCc2ccco2)n1. The predicted octanol–water partition coefficient (Wildman–Crippen LogP) is 2.69. The van der Waals surface area contributed by atoms with Gasteiger partial charge in [0, 0.05) is 5.75 Å². The summed E-state index contributed by atoms with van der Waals surface area (Å²) in [7, 11) is 0. The zero-order valence-corrected chi connectivity index (χ0v) is 9.04. The maximum atomic E-state index is 5.59. The van der Waals surface area contributed by atoms with Gasteiger partial charge in [-0.25, -0.2) is 4.98 Å². The van der Waals surface area contributed by atoms with Crippen LogP contribution in [0.2, 0.25) is 0 Å². The fraction of sp³-hybridized carbons (Fsp3) is 0.182. The van der Waals surface area contributed by atoms with Crippen molar-refractivity contribution in [2.75, 3.05) is 5.73 Å². The molecule has 0 aliphatic carbocycles. The van der Waals surface area contributed by atoms with Crippen molar-refractivity contribution < 1.29 is 4.42 Å². The maximum Gasteiger partial charge on any atom is 0.123 e. The van der Waals surface area contributed by atoms with Crippen molar-refractivity contribution in [1.82, 2.24) is 4.98 Å². The van der Waals surface area contributed by atoms with Gasteiger partial charge in [-0.1, -0.05) is 6.07 Å². The summed E-state index contributed by atoms with van der Waals surface area (Å²) in [5.74, 6) is 3.28. The van der Waals surface area contributed by atoms with Gasteiger partial charge >= 0.3 is 0 Å². The van der Waals surface area contributed by atoms with Gasteiger partial charge in [-0.15, -0.1) is 11.8 Å². The van der Waals surface area contributed by atoms with Gasteiger partial charge in [0.2, 0.25) is 0 Å². The molecule has 2 rings (SSSR count). The lowest BCUT2D eigenvalue weighted by Gasteiger charge is -2.00. The molecule has 0 amide bonds. The van der Waals surface area contributed by atoms with E-state index in [2.05, 4.69) is 4.98 Å². The molecule has 2 aromatic rings. The topological polar surface area (TPSA) is 52.0 Å². The number of pyridine rings is 1. The lowest BCUT2D eigenvalue weighted by molar-refractivity contribution is 0.530. The van der Waals surface area contributed by atoms with Crippen LogP contribution in [0.15, 0.2) is 41.0 Å². The zero-order chi connectivity index (χ0) is 10.5. The molecule has 3 nitrogen and oxygen atoms in total. The third kappa shape index (κ3) is 3.02. The monoisotopic (exact) mass is 220 g/mol. The minimum Gasteiger partial charge on any atom is -0.468 e. The van der Waals surface area contributed by atoms with Gasteiger partial charge in [-0.05, 0) is 24.3 Å². The lowest BCUT2D eigenvalue weighted by Crippen LogP contribution is -1.93. The molecule has 4 heteroatoms. The van der Waals surface area contributed by atoms with Crippen molar-refractivity contribution in [3.05, 3.63) is 48.0 Å². The summed E-state index contributed by atoms with van der Waals surface area (Å²) in [6.45, 7) is 0. The lowest BCUT2D eigenvalue weighted by atomic mass is 10.4. The molecule has 15 heavy (non-hydrogen) atoms. The number of hydrogen-bond acceptors (Lipinski definition) is 4. The van der Waals surface area contributed by atoms with Crippen LogP contribution >= 0.6 is 11.8 Å². The molecule has 0 atom stereocenters. The summed E-state index contributed by atoms with van der Waals surface area (Å²) >= 11 is 1.76. The molecule has 2 aromatic heterocycles. The van der Waals surface area contributed by atoms with Crippen LogP contribution in [0.5, 0.6) is 0 Å². The van der Waals surface area contributed by atoms with Crippen molar-refractivity contribution >= 4 is 17.6 Å². The molecule has 0 bridgehead atoms. The summed E-state index contributed by atoms with van der Waals surface area (Å²) in [6, 6.07) is 9.56. The first-order chi connectivity index (χ1) is 7.34. The van der Waals surface area contributed by atoms with Crippen LogP contribution in [0.3, 0.4) is 0 Å². The Balaban J connectivity index is 1.83. The van der Waals surface area contributed by atoms with E-state index in [0.717, 1.165) is 23.0 Å². The first-order valence-electron chi connectivity index (χ1n) is 4.66. The van der Waals surface area contributed by atoms with Crippen molar-refractivity contribution in [1.29, 1.82) is 0 Å². The van der Waals surface area contributed by atoms with E-state index in [9.17, 15) is 0 Å². The molecule has 0 saturated heterocycles. The van der Waals surface area contributed by atoms with Crippen LogP contribution < -0.4 is 5.73 Å². The molecule has 0 saturated carbocycles. The predicted molar refractivity (Wildman–Crippen MR) is 62.4 cm³/mol. The van der Waals surface area contributed by atoms with Crippen molar-refractivity contribution in [2.45, 2.75) is 11.5 Å². The maximum absolute atomic E-state index is 5.59. The quantitative estimate of drug-likeness (QED) is 0.860. The van der Waals surface area contributed by atoms with E-state index >= 15 is 0 Å². The molecule has 0 aliphatic rings. The van der Waals surface area contributed by atoms with Crippen molar-refractivity contribution in [3.8, 4) is 0 Å². The van der Waals surface area contributed by atoms with Gasteiger partial charge < -0.3 is 10.2 Å². The standard InChI is InChI=1S/C11H12N2OS/c12-11-5-1-3-9(13-11)7-15-8-10-4-2-6-14-10/h1-6H,7-8H2,(H2,12,13). The molecule has 0 spiro atoms. The van der Waals surface area contributed by atoms with Gasteiger partial charge in [0.05, 0.1) is 17.7 Å². The van der Waals surface area contributed by atoms with E-state index in [0.29, 0.717) is 5.82 Å². The van der Waals surface area contributed by atoms with Crippen molar-refractivity contribution in [2.24, 2.45) is 0 Å². The number of thioether (sulfide) groups is 1. The first-order valence-corrected chi connectivity index (χ1v) is 5.81. The second-order valence-corrected chi connectivity index (χ2v) is 4.11. The Hall–Kier alpha value is -1.42. The highest BCUT2D eigenvalue weighted by molar-refractivity contribution is 7.97. The summed E-state index contributed by atoms with van der Waals surface area (Å²) in [4.78, 5) is 4.22. The van der Waals surface area contributed by atoms with E-state index in [1.54, 1.807) is 24.1 Å². The summed E-state index contributed by atoms with van der Waals surface area (Å²) < 4.78 is 5.23. The van der Waals surface area contributed by atoms with Gasteiger partial charge in [0.25, 0.3) is 0 Å². The third-order valence-electron chi connectivity index (χ3n) is 1.90. The zero-order valence-electron chi connectivity index (χ0n) is 8.22. The average Bonchev–Trinajstić information content (AvgIpc) is 2.71. The molecule has 0 radical (unpaired) electrons. The van der Waals surface area contributed by atoms with Crippen LogP contribution in [0.25, 0.3) is 0 Å². The van der Waals surface area contributed by atoms with Crippen LogP contribution in [0.1, 0.15) is 11.5 Å². The summed E-state index contributed by atoms with van der Waals surface area (Å²) in [5.41, 5.74) is 6.59. The normalized spacial score (nSPS) is 10.4. The molecule has 2 heterocycles. The Morgan fingerprint density at radius 1 is 1.20 bits per heavy atom. The fourth-order valence-electron chi connectivity index (χ4n) is 1.23. The molecule has 0 aromatic carbocycles. The van der Waals surface area contributed by atoms with E-state index in [1.165, 1.54) is 0 Å². The number of hydrogen-bond donors (Lipinski definition) is 1. The molecule has 0 fully saturated rings. The first kappa shape index (κ1) is 10.1. The van der Waals surface area contributed by atoms with E-state index in [1.807, 2.05) is 24.3 Å². The van der Waals surface area contributed by atoms with Crippen LogP contribution in [-0.4, -0.2) is 4.98 Å². The number of furan rings is 1. The Labute approximate surface area is 92.7 Å². The van der Waals surface area contributed by atoms with Crippen molar-refractivity contribution in [3.63, 3.8) is 0 Å². The minimum absolute atomic E-state index is 0.575. The third-order valence-corrected chi connectivity index (χ3v) is 2.89. The van der Waals surface area contributed by atoms with Gasteiger partial charge in [0.1, 0.15) is 11.6 Å². The van der Waals surface area contributed by atoms with Crippen LogP contribution in [0, 0.1) is 0 Å². The molecular formula is C11H12N2OS. The fourth-order valence-corrected chi connectivity index (χ4v) is 2.07. The molecule has 0 unspecified atom stereocenters. The Kier molecular flexibility index (Phi) is 3.29. The minimum atomic E-state index is 0.575. The number of rotatable bonds is 4. The van der Waals surface area contributed by atoms with Gasteiger partial charge in [-0.2, -0.15) is 0 Å². The molecule has 2 N–H and O–H groups in total. The van der Waals surface area contributed by atoms with Gasteiger partial charge in [0.15, 0.2) is 0 Å². The highest BCUT2D eigenvalue weighted by Crippen LogP contribution is 2.17. The number of anilines is 1. The van der Waals surface area contributed by atoms with E-state index < -0.39 is 0 Å². The number of nitrogens with two attached hydrogens (primary N) is 1. The Morgan fingerprint density at radius 3 is 2.87 bits per heavy atom. The average molecular weight is 220 g/mol. The molecule has 78 valence electrons. The summed E-state index contributed by atoms with van der Waals surface area (Å²) in [6.07, 6.45) is 1.69. The second kappa shape index (κ2) is 4.89. The van der Waals surface area contributed by atoms with Crippen LogP contribution in [-0.2, 0) is 11.5 Å². The van der Waals surface area contributed by atoms with E-state index in [4.69, 9.17) is 10.2 Å². The molecular weight excluding hydrogens is 208 g/mol. The summed E-state index contributed by atoms with van der Waals surface area (Å²) in [5, 5.41) is 0. The Bertz CT molecular complexity index is 414. The highest BCUT2D eigenvalue weighted by atomic mass is 32.2. The highest BCUT2D eigenvalue weighted by Gasteiger charge is 1.98. The van der Waals surface area contributed by atoms with Crippen LogP contribution in [0.4, 0.5) is 5.82 Å². The largest absolute Gasteiger partial charge is 0.468 e. The smallest absolute Gasteiger partial charge is 0.123 e. The number of nitrogen functional groups attached to an aromatic ring is 1. The van der Waals surface area contributed by atoms with Gasteiger partial charge in [-0.3, -0.25) is 0 Å². The second-order valence-electron chi connectivity index (χ2n) is 3.13. The number of nitrogens with zero attached hydrogens (tertiary/aromatic N) is 1. The molecule has 0 aliphatic heterocycles. The van der Waals surface area contributed by atoms with E-state index in [-0.39, 0.29) is 0 Å². The number of aromatic nitrogens is 1. The Morgan fingerprint density at radius 2 is 2.13 bits per heavy atom.